The van der Waals surface area contributed by atoms with Crippen LogP contribution in [0.25, 0.3) is 11.1 Å². The smallest absolute Gasteiger partial charge is 0.231 e. The van der Waals surface area contributed by atoms with Crippen LogP contribution in [0.1, 0.15) is 28.6 Å². The van der Waals surface area contributed by atoms with Gasteiger partial charge in [0.25, 0.3) is 0 Å². The summed E-state index contributed by atoms with van der Waals surface area (Å²) in [6.07, 6.45) is 0.865. The molecule has 0 spiro atoms. The van der Waals surface area contributed by atoms with E-state index in [0.717, 1.165) is 22.3 Å². The highest BCUT2D eigenvalue weighted by atomic mass is 16.3. The van der Waals surface area contributed by atoms with Gasteiger partial charge >= 0.3 is 0 Å². The molecule has 0 radical (unpaired) electrons. The zero-order valence-electron chi connectivity index (χ0n) is 12.9. The van der Waals surface area contributed by atoms with E-state index in [1.807, 2.05) is 45.0 Å². The molecule has 2 aromatic heterocycles. The van der Waals surface area contributed by atoms with Gasteiger partial charge in [0.1, 0.15) is 17.9 Å². The third kappa shape index (κ3) is 2.67. The number of nitrogens with zero attached hydrogens (tertiary/aromatic N) is 2. The first kappa shape index (κ1) is 14.5. The van der Waals surface area contributed by atoms with Crippen molar-refractivity contribution in [2.45, 2.75) is 26.9 Å². The lowest BCUT2D eigenvalue weighted by molar-refractivity contribution is 0.191. The largest absolute Gasteiger partial charge is 0.443 e. The molecule has 2 heterocycles. The first-order valence-electron chi connectivity index (χ1n) is 7.25. The van der Waals surface area contributed by atoms with E-state index in [-0.39, 0.29) is 0 Å². The predicted octanol–water partition coefficient (Wildman–Crippen LogP) is 3.29. The van der Waals surface area contributed by atoms with E-state index >= 15 is 0 Å². The minimum absolute atomic E-state index is 0.374. The van der Waals surface area contributed by atoms with Gasteiger partial charge in [-0.15, -0.1) is 0 Å². The van der Waals surface area contributed by atoms with Crippen molar-refractivity contribution in [2.75, 3.05) is 11.9 Å². The Hall–Kier alpha value is -2.40. The molecule has 0 amide bonds. The fraction of sp³-hybridized carbons (Fsp3) is 0.294. The molecule has 2 N–H and O–H groups in total. The van der Waals surface area contributed by atoms with Crippen LogP contribution in [0.5, 0.6) is 0 Å². The van der Waals surface area contributed by atoms with Gasteiger partial charge in [-0.1, -0.05) is 29.8 Å². The van der Waals surface area contributed by atoms with Crippen LogP contribution in [0.15, 0.2) is 35.0 Å². The molecular formula is C17H19N3O2. The molecule has 3 aromatic rings. The van der Waals surface area contributed by atoms with Crippen molar-refractivity contribution in [3.05, 3.63) is 53.0 Å². The highest BCUT2D eigenvalue weighted by Crippen LogP contribution is 2.28. The molecule has 1 atom stereocenters. The molecular weight excluding hydrogens is 278 g/mol. The molecule has 0 saturated carbocycles. The lowest BCUT2D eigenvalue weighted by Gasteiger charge is -2.13. The summed E-state index contributed by atoms with van der Waals surface area (Å²) in [4.78, 5) is 8.41. The first-order chi connectivity index (χ1) is 10.6. The lowest BCUT2D eigenvalue weighted by atomic mass is 10.1. The third-order valence-corrected chi connectivity index (χ3v) is 3.89. The van der Waals surface area contributed by atoms with E-state index in [2.05, 4.69) is 15.3 Å². The molecule has 0 saturated heterocycles. The first-order valence-corrected chi connectivity index (χ1v) is 7.25. The number of anilines is 1. The predicted molar refractivity (Wildman–Crippen MR) is 85.9 cm³/mol. The zero-order valence-corrected chi connectivity index (χ0v) is 12.9. The van der Waals surface area contributed by atoms with Crippen LogP contribution in [0.3, 0.4) is 0 Å². The normalized spacial score (nSPS) is 12.5. The number of hydrogen-bond donors (Lipinski definition) is 2. The van der Waals surface area contributed by atoms with Gasteiger partial charge in [-0.3, -0.25) is 0 Å². The Kier molecular flexibility index (Phi) is 3.81. The van der Waals surface area contributed by atoms with Crippen LogP contribution in [0.4, 0.5) is 5.82 Å². The van der Waals surface area contributed by atoms with E-state index in [4.69, 9.17) is 4.42 Å². The Labute approximate surface area is 129 Å². The summed E-state index contributed by atoms with van der Waals surface area (Å²) >= 11 is 0. The topological polar surface area (TPSA) is 71.2 Å². The van der Waals surface area contributed by atoms with Gasteiger partial charge in [-0.2, -0.15) is 0 Å². The molecule has 3 rings (SSSR count). The highest BCUT2D eigenvalue weighted by molar-refractivity contribution is 5.89. The van der Waals surface area contributed by atoms with Crippen molar-refractivity contribution in [3.8, 4) is 0 Å². The third-order valence-electron chi connectivity index (χ3n) is 3.89. The number of rotatable bonds is 4. The van der Waals surface area contributed by atoms with Crippen LogP contribution in [-0.4, -0.2) is 21.6 Å². The molecule has 0 aliphatic rings. The summed E-state index contributed by atoms with van der Waals surface area (Å²) in [5, 5.41) is 14.4. The minimum Gasteiger partial charge on any atom is -0.443 e. The number of furan rings is 1. The summed E-state index contributed by atoms with van der Waals surface area (Å²) in [5.41, 5.74) is 3.63. The van der Waals surface area contributed by atoms with Crippen molar-refractivity contribution < 1.29 is 9.52 Å². The molecule has 5 heteroatoms. The second-order valence-corrected chi connectivity index (χ2v) is 5.49. The van der Waals surface area contributed by atoms with Crippen LogP contribution in [0.2, 0.25) is 0 Å². The second-order valence-electron chi connectivity index (χ2n) is 5.49. The number of benzene rings is 1. The Bertz CT molecular complexity index is 794. The van der Waals surface area contributed by atoms with Crippen LogP contribution in [-0.2, 0) is 0 Å². The molecule has 1 aromatic carbocycles. The quantitative estimate of drug-likeness (QED) is 0.773. The van der Waals surface area contributed by atoms with E-state index in [1.54, 1.807) is 0 Å². The van der Waals surface area contributed by atoms with Gasteiger partial charge in [0, 0.05) is 12.1 Å². The number of hydrogen-bond acceptors (Lipinski definition) is 5. The minimum atomic E-state index is -0.598. The standard InChI is InChI=1S/C17H19N3O2/c1-10-4-6-13(7-5-10)14(21)8-18-16-15-11(2)12(3)22-17(15)20-9-19-16/h4-7,9,14,21H,8H2,1-3H3,(H,18,19,20). The van der Waals surface area contributed by atoms with Crippen molar-refractivity contribution >= 4 is 16.9 Å². The summed E-state index contributed by atoms with van der Waals surface area (Å²) in [6.45, 7) is 6.28. The maximum atomic E-state index is 10.3. The van der Waals surface area contributed by atoms with Crippen molar-refractivity contribution in [2.24, 2.45) is 0 Å². The molecule has 5 nitrogen and oxygen atoms in total. The molecule has 0 bridgehead atoms. The van der Waals surface area contributed by atoms with Crippen LogP contribution in [0, 0.1) is 20.8 Å². The Balaban J connectivity index is 1.80. The molecule has 0 fully saturated rings. The average Bonchev–Trinajstić information content (AvgIpc) is 2.81. The number of aliphatic hydroxyl groups excluding tert-OH is 1. The summed E-state index contributed by atoms with van der Waals surface area (Å²) < 4.78 is 5.59. The van der Waals surface area contributed by atoms with E-state index in [0.29, 0.717) is 18.1 Å². The SMILES string of the molecule is Cc1ccc(C(O)CNc2ncnc3oc(C)c(C)c23)cc1. The van der Waals surface area contributed by atoms with E-state index in [1.165, 1.54) is 11.9 Å². The number of aromatic nitrogens is 2. The summed E-state index contributed by atoms with van der Waals surface area (Å²) in [6, 6.07) is 7.85. The fourth-order valence-electron chi connectivity index (χ4n) is 2.42. The van der Waals surface area contributed by atoms with Crippen LogP contribution < -0.4 is 5.32 Å². The monoisotopic (exact) mass is 297 g/mol. The zero-order chi connectivity index (χ0) is 15.7. The number of nitrogens with one attached hydrogen (secondary N) is 1. The van der Waals surface area contributed by atoms with E-state index < -0.39 is 6.10 Å². The number of fused-ring (bicyclic) bond motifs is 1. The molecule has 114 valence electrons. The van der Waals surface area contributed by atoms with Gasteiger partial charge in [-0.25, -0.2) is 9.97 Å². The Morgan fingerprint density at radius 3 is 2.59 bits per heavy atom. The van der Waals surface area contributed by atoms with Gasteiger partial charge in [0.2, 0.25) is 5.71 Å². The van der Waals surface area contributed by atoms with Gasteiger partial charge in [-0.05, 0) is 26.3 Å². The van der Waals surface area contributed by atoms with Gasteiger partial charge < -0.3 is 14.8 Å². The number of aliphatic hydroxyl groups is 1. The van der Waals surface area contributed by atoms with Crippen molar-refractivity contribution in [1.82, 2.24) is 9.97 Å². The van der Waals surface area contributed by atoms with Crippen molar-refractivity contribution in [1.29, 1.82) is 0 Å². The highest BCUT2D eigenvalue weighted by Gasteiger charge is 2.14. The summed E-state index contributed by atoms with van der Waals surface area (Å²) in [5.74, 6) is 1.52. The lowest BCUT2D eigenvalue weighted by Crippen LogP contribution is -2.13. The molecule has 22 heavy (non-hydrogen) atoms. The second kappa shape index (κ2) is 5.77. The Morgan fingerprint density at radius 2 is 1.86 bits per heavy atom. The Morgan fingerprint density at radius 1 is 1.14 bits per heavy atom. The van der Waals surface area contributed by atoms with Crippen molar-refractivity contribution in [3.63, 3.8) is 0 Å². The maximum Gasteiger partial charge on any atom is 0.231 e. The fourth-order valence-corrected chi connectivity index (χ4v) is 2.42. The van der Waals surface area contributed by atoms with Crippen LogP contribution >= 0.6 is 0 Å². The van der Waals surface area contributed by atoms with Gasteiger partial charge in [0.05, 0.1) is 11.5 Å². The summed E-state index contributed by atoms with van der Waals surface area (Å²) in [7, 11) is 0. The molecule has 1 unspecified atom stereocenters. The number of aryl methyl sites for hydroxylation is 3. The molecule has 0 aliphatic heterocycles. The average molecular weight is 297 g/mol. The molecule has 0 aliphatic carbocycles. The van der Waals surface area contributed by atoms with E-state index in [9.17, 15) is 5.11 Å². The maximum absolute atomic E-state index is 10.3. The van der Waals surface area contributed by atoms with Gasteiger partial charge in [0.15, 0.2) is 0 Å².